The van der Waals surface area contributed by atoms with Crippen LogP contribution in [0.3, 0.4) is 0 Å². The van der Waals surface area contributed by atoms with Crippen molar-refractivity contribution < 1.29 is 4.42 Å². The second-order valence-electron chi connectivity index (χ2n) is 15.3. The summed E-state index contributed by atoms with van der Waals surface area (Å²) in [4.78, 5) is 2.41. The van der Waals surface area contributed by atoms with Crippen LogP contribution in [-0.4, -0.2) is 0 Å². The number of hydrogen-bond acceptors (Lipinski definition) is 2. The third-order valence-corrected chi connectivity index (χ3v) is 11.7. The first-order valence-corrected chi connectivity index (χ1v) is 20.5. The highest BCUT2D eigenvalue weighted by Crippen LogP contribution is 2.48. The van der Waals surface area contributed by atoms with Crippen LogP contribution in [0.4, 0.5) is 17.1 Å². The standard InChI is InChI=1S/C58H39NO/c1-4-16-40(17-5-1)45-30-35-56(55(37-45)51-25-13-12-24-49(51)46-29-28-41-18-10-11-23-44(41)36-46)59(48-32-34-53-52-26-14-15-27-57(52)60-58(53)39-48)47-31-33-50(42-19-6-2-7-20-42)54(38-47)43-21-8-3-9-22-43/h1-39H. The zero-order valence-corrected chi connectivity index (χ0v) is 32.9. The zero-order chi connectivity index (χ0) is 39.8. The maximum atomic E-state index is 6.56. The Morgan fingerprint density at radius 3 is 1.62 bits per heavy atom. The Hall–Kier alpha value is -7.94. The minimum Gasteiger partial charge on any atom is -0.456 e. The highest BCUT2D eigenvalue weighted by molar-refractivity contribution is 6.07. The number of para-hydroxylation sites is 1. The van der Waals surface area contributed by atoms with Gasteiger partial charge in [0.2, 0.25) is 0 Å². The fraction of sp³-hybridized carbons (Fsp3) is 0. The van der Waals surface area contributed by atoms with Gasteiger partial charge in [0.15, 0.2) is 0 Å². The van der Waals surface area contributed by atoms with Crippen molar-refractivity contribution in [2.75, 3.05) is 4.90 Å². The summed E-state index contributed by atoms with van der Waals surface area (Å²) < 4.78 is 6.56. The van der Waals surface area contributed by atoms with Crippen LogP contribution in [0.25, 0.3) is 88.3 Å². The topological polar surface area (TPSA) is 16.4 Å². The zero-order valence-electron chi connectivity index (χ0n) is 32.9. The molecule has 0 fully saturated rings. The van der Waals surface area contributed by atoms with E-state index in [4.69, 9.17) is 4.42 Å². The molecule has 0 bridgehead atoms. The molecule has 1 heterocycles. The molecular weight excluding hydrogens is 727 g/mol. The number of nitrogens with zero attached hydrogens (tertiary/aromatic N) is 1. The van der Waals surface area contributed by atoms with Gasteiger partial charge in [-0.2, -0.15) is 0 Å². The van der Waals surface area contributed by atoms with E-state index in [0.29, 0.717) is 0 Å². The summed E-state index contributed by atoms with van der Waals surface area (Å²) >= 11 is 0. The number of benzene rings is 10. The molecular formula is C58H39NO. The molecule has 2 nitrogen and oxygen atoms in total. The Balaban J connectivity index is 1.19. The van der Waals surface area contributed by atoms with Crippen LogP contribution in [0, 0.1) is 0 Å². The summed E-state index contributed by atoms with van der Waals surface area (Å²) in [6.07, 6.45) is 0. The van der Waals surface area contributed by atoms with Crippen molar-refractivity contribution >= 4 is 49.8 Å². The van der Waals surface area contributed by atoms with E-state index in [1.165, 1.54) is 38.6 Å². The molecule has 282 valence electrons. The Bertz CT molecular complexity index is 3310. The van der Waals surface area contributed by atoms with Gasteiger partial charge in [-0.15, -0.1) is 0 Å². The SMILES string of the molecule is c1ccc(-c2ccc(N(c3ccc(-c4ccccc4)c(-c4ccccc4)c3)c3ccc4c(c3)oc3ccccc34)c(-c3ccccc3-c3ccc4ccccc4c3)c2)cc1. The van der Waals surface area contributed by atoms with Gasteiger partial charge in [-0.3, -0.25) is 0 Å². The minimum atomic E-state index is 0.849. The molecule has 0 radical (unpaired) electrons. The second kappa shape index (κ2) is 15.1. The Morgan fingerprint density at radius 2 is 0.833 bits per heavy atom. The number of hydrogen-bond donors (Lipinski definition) is 0. The molecule has 11 aromatic rings. The molecule has 0 saturated heterocycles. The first kappa shape index (κ1) is 35.2. The normalized spacial score (nSPS) is 11.3. The minimum absolute atomic E-state index is 0.849. The fourth-order valence-corrected chi connectivity index (χ4v) is 8.76. The number of furan rings is 1. The van der Waals surface area contributed by atoms with E-state index >= 15 is 0 Å². The molecule has 0 unspecified atom stereocenters. The molecule has 0 aliphatic rings. The first-order chi connectivity index (χ1) is 29.7. The fourth-order valence-electron chi connectivity index (χ4n) is 8.76. The monoisotopic (exact) mass is 765 g/mol. The van der Waals surface area contributed by atoms with Gasteiger partial charge < -0.3 is 9.32 Å². The summed E-state index contributed by atoms with van der Waals surface area (Å²) in [5, 5.41) is 4.66. The summed E-state index contributed by atoms with van der Waals surface area (Å²) in [6.45, 7) is 0. The van der Waals surface area contributed by atoms with Crippen LogP contribution in [-0.2, 0) is 0 Å². The molecule has 0 N–H and O–H groups in total. The van der Waals surface area contributed by atoms with Gasteiger partial charge in [0.05, 0.1) is 5.69 Å². The van der Waals surface area contributed by atoms with Crippen molar-refractivity contribution in [3.63, 3.8) is 0 Å². The van der Waals surface area contributed by atoms with Crippen molar-refractivity contribution in [2.24, 2.45) is 0 Å². The van der Waals surface area contributed by atoms with E-state index in [1.807, 2.05) is 12.1 Å². The lowest BCUT2D eigenvalue weighted by atomic mass is 9.89. The predicted molar refractivity (Wildman–Crippen MR) is 253 cm³/mol. The van der Waals surface area contributed by atoms with Crippen LogP contribution >= 0.6 is 0 Å². The lowest BCUT2D eigenvalue weighted by molar-refractivity contribution is 0.669. The molecule has 2 heteroatoms. The molecule has 10 aromatic carbocycles. The second-order valence-corrected chi connectivity index (χ2v) is 15.3. The quantitative estimate of drug-likeness (QED) is 0.153. The molecule has 1 aromatic heterocycles. The van der Waals surface area contributed by atoms with E-state index < -0.39 is 0 Å². The molecule has 0 aliphatic heterocycles. The van der Waals surface area contributed by atoms with Gasteiger partial charge in [-0.1, -0.05) is 182 Å². The van der Waals surface area contributed by atoms with E-state index in [-0.39, 0.29) is 0 Å². The van der Waals surface area contributed by atoms with Crippen LogP contribution in [0.1, 0.15) is 0 Å². The molecule has 0 spiro atoms. The van der Waals surface area contributed by atoms with Crippen molar-refractivity contribution in [2.45, 2.75) is 0 Å². The Labute approximate surface area is 349 Å². The van der Waals surface area contributed by atoms with Crippen molar-refractivity contribution in [1.29, 1.82) is 0 Å². The van der Waals surface area contributed by atoms with Gasteiger partial charge in [-0.05, 0) is 109 Å². The van der Waals surface area contributed by atoms with Crippen LogP contribution in [0.15, 0.2) is 241 Å². The Kier molecular flexibility index (Phi) is 8.87. The van der Waals surface area contributed by atoms with Gasteiger partial charge in [0.25, 0.3) is 0 Å². The third kappa shape index (κ3) is 6.41. The highest BCUT2D eigenvalue weighted by Gasteiger charge is 2.23. The van der Waals surface area contributed by atoms with Crippen molar-refractivity contribution in [3.8, 4) is 55.6 Å². The molecule has 0 atom stereocenters. The number of fused-ring (bicyclic) bond motifs is 4. The lowest BCUT2D eigenvalue weighted by Gasteiger charge is -2.30. The maximum absolute atomic E-state index is 6.56. The molecule has 0 aliphatic carbocycles. The smallest absolute Gasteiger partial charge is 0.137 e. The van der Waals surface area contributed by atoms with Crippen LogP contribution < -0.4 is 4.90 Å². The van der Waals surface area contributed by atoms with Gasteiger partial charge >= 0.3 is 0 Å². The summed E-state index contributed by atoms with van der Waals surface area (Å²) in [5.41, 5.74) is 16.5. The van der Waals surface area contributed by atoms with Crippen LogP contribution in [0.5, 0.6) is 0 Å². The highest BCUT2D eigenvalue weighted by atomic mass is 16.3. The summed E-state index contributed by atoms with van der Waals surface area (Å²) in [5.74, 6) is 0. The first-order valence-electron chi connectivity index (χ1n) is 20.5. The van der Waals surface area contributed by atoms with E-state index in [2.05, 4.69) is 229 Å². The van der Waals surface area contributed by atoms with Gasteiger partial charge in [0.1, 0.15) is 11.2 Å². The number of rotatable bonds is 8. The van der Waals surface area contributed by atoms with Gasteiger partial charge in [0, 0.05) is 33.8 Å². The van der Waals surface area contributed by atoms with E-state index in [9.17, 15) is 0 Å². The average molecular weight is 766 g/mol. The molecule has 60 heavy (non-hydrogen) atoms. The molecule has 11 rings (SSSR count). The van der Waals surface area contributed by atoms with Crippen LogP contribution in [0.2, 0.25) is 0 Å². The molecule has 0 amide bonds. The molecule has 0 saturated carbocycles. The predicted octanol–water partition coefficient (Wildman–Crippen LogP) is 16.5. The van der Waals surface area contributed by atoms with E-state index in [0.717, 1.165) is 66.8 Å². The third-order valence-electron chi connectivity index (χ3n) is 11.7. The maximum Gasteiger partial charge on any atom is 0.137 e. The Morgan fingerprint density at radius 1 is 0.267 bits per heavy atom. The lowest BCUT2D eigenvalue weighted by Crippen LogP contribution is -2.12. The largest absolute Gasteiger partial charge is 0.456 e. The van der Waals surface area contributed by atoms with Gasteiger partial charge in [-0.25, -0.2) is 0 Å². The average Bonchev–Trinajstić information content (AvgIpc) is 3.70. The summed E-state index contributed by atoms with van der Waals surface area (Å²) in [6, 6.07) is 85.1. The van der Waals surface area contributed by atoms with Crippen molar-refractivity contribution in [1.82, 2.24) is 0 Å². The van der Waals surface area contributed by atoms with E-state index in [1.54, 1.807) is 0 Å². The number of anilines is 3. The summed E-state index contributed by atoms with van der Waals surface area (Å²) in [7, 11) is 0. The van der Waals surface area contributed by atoms with Crippen molar-refractivity contribution in [3.05, 3.63) is 237 Å².